The first-order valence-corrected chi connectivity index (χ1v) is 9.28. The Morgan fingerprint density at radius 3 is 2.48 bits per heavy atom. The SMILES string of the molecule is CC(C)c1ccc(C(=O)NCCC2CCS(=O)(=O)C2)cc1. The topological polar surface area (TPSA) is 63.2 Å². The van der Waals surface area contributed by atoms with Crippen LogP contribution in [0.5, 0.6) is 0 Å². The fraction of sp³-hybridized carbons (Fsp3) is 0.562. The summed E-state index contributed by atoms with van der Waals surface area (Å²) in [6, 6.07) is 7.63. The predicted molar refractivity (Wildman–Crippen MR) is 84.2 cm³/mol. The number of nitrogens with one attached hydrogen (secondary N) is 1. The van der Waals surface area contributed by atoms with Gasteiger partial charge in [0.05, 0.1) is 11.5 Å². The van der Waals surface area contributed by atoms with Crippen molar-refractivity contribution in [1.29, 1.82) is 0 Å². The molecule has 0 aromatic heterocycles. The first kappa shape index (κ1) is 16.0. The van der Waals surface area contributed by atoms with Gasteiger partial charge in [0.2, 0.25) is 0 Å². The van der Waals surface area contributed by atoms with E-state index in [9.17, 15) is 13.2 Å². The summed E-state index contributed by atoms with van der Waals surface area (Å²) < 4.78 is 22.7. The van der Waals surface area contributed by atoms with Gasteiger partial charge in [-0.1, -0.05) is 26.0 Å². The maximum Gasteiger partial charge on any atom is 0.251 e. The number of rotatable bonds is 5. The molecule has 1 amide bonds. The summed E-state index contributed by atoms with van der Waals surface area (Å²) in [4.78, 5) is 12.0. The lowest BCUT2D eigenvalue weighted by molar-refractivity contribution is 0.0951. The molecular formula is C16H23NO3S. The Bertz CT molecular complexity index is 590. The molecule has 1 heterocycles. The first-order valence-electron chi connectivity index (χ1n) is 7.46. The van der Waals surface area contributed by atoms with E-state index in [4.69, 9.17) is 0 Å². The molecule has 116 valence electrons. The van der Waals surface area contributed by atoms with Gasteiger partial charge in [-0.05, 0) is 42.4 Å². The Balaban J connectivity index is 1.79. The van der Waals surface area contributed by atoms with Crippen LogP contribution < -0.4 is 5.32 Å². The normalized spacial score (nSPS) is 20.6. The monoisotopic (exact) mass is 309 g/mol. The van der Waals surface area contributed by atoms with E-state index in [-0.39, 0.29) is 17.6 Å². The van der Waals surface area contributed by atoms with Crippen molar-refractivity contribution in [2.24, 2.45) is 5.92 Å². The Morgan fingerprint density at radius 2 is 1.95 bits per heavy atom. The van der Waals surface area contributed by atoms with E-state index in [2.05, 4.69) is 19.2 Å². The third-order valence-corrected chi connectivity index (χ3v) is 5.84. The molecule has 1 aromatic rings. The van der Waals surface area contributed by atoms with Gasteiger partial charge in [0, 0.05) is 12.1 Å². The average molecular weight is 309 g/mol. The molecule has 1 saturated heterocycles. The van der Waals surface area contributed by atoms with Crippen molar-refractivity contribution < 1.29 is 13.2 Å². The summed E-state index contributed by atoms with van der Waals surface area (Å²) in [5.74, 6) is 1.12. The summed E-state index contributed by atoms with van der Waals surface area (Å²) in [5.41, 5.74) is 1.86. The van der Waals surface area contributed by atoms with E-state index < -0.39 is 9.84 Å². The fourth-order valence-corrected chi connectivity index (χ4v) is 4.52. The third-order valence-electron chi connectivity index (χ3n) is 4.00. The Labute approximate surface area is 126 Å². The summed E-state index contributed by atoms with van der Waals surface area (Å²) in [7, 11) is -2.82. The van der Waals surface area contributed by atoms with Crippen LogP contribution in [0.4, 0.5) is 0 Å². The molecule has 1 unspecified atom stereocenters. The van der Waals surface area contributed by atoms with E-state index in [1.165, 1.54) is 5.56 Å². The molecule has 0 bridgehead atoms. The van der Waals surface area contributed by atoms with Crippen LogP contribution in [0.15, 0.2) is 24.3 Å². The van der Waals surface area contributed by atoms with Gasteiger partial charge in [0.1, 0.15) is 0 Å². The molecule has 0 aliphatic carbocycles. The molecule has 0 radical (unpaired) electrons. The zero-order chi connectivity index (χ0) is 15.5. The molecule has 1 aliphatic heterocycles. The molecule has 1 aromatic carbocycles. The number of carbonyl (C=O) groups is 1. The predicted octanol–water partition coefficient (Wildman–Crippen LogP) is 2.36. The van der Waals surface area contributed by atoms with Crippen LogP contribution in [0.3, 0.4) is 0 Å². The lowest BCUT2D eigenvalue weighted by Gasteiger charge is -2.10. The molecule has 0 spiro atoms. The molecule has 2 rings (SSSR count). The van der Waals surface area contributed by atoms with Gasteiger partial charge in [-0.2, -0.15) is 0 Å². The van der Waals surface area contributed by atoms with E-state index in [0.29, 0.717) is 23.8 Å². The van der Waals surface area contributed by atoms with Gasteiger partial charge in [-0.15, -0.1) is 0 Å². The first-order chi connectivity index (χ1) is 9.87. The van der Waals surface area contributed by atoms with Gasteiger partial charge in [-0.3, -0.25) is 4.79 Å². The maximum atomic E-state index is 12.0. The number of sulfone groups is 1. The van der Waals surface area contributed by atoms with Gasteiger partial charge < -0.3 is 5.32 Å². The van der Waals surface area contributed by atoms with Crippen molar-refractivity contribution in [3.05, 3.63) is 35.4 Å². The Morgan fingerprint density at radius 1 is 1.29 bits per heavy atom. The second-order valence-corrected chi connectivity index (χ2v) is 8.32. The standard InChI is InChI=1S/C16H23NO3S/c1-12(2)14-3-5-15(6-4-14)16(18)17-9-7-13-8-10-21(19,20)11-13/h3-6,12-13H,7-11H2,1-2H3,(H,17,18). The van der Waals surface area contributed by atoms with E-state index in [0.717, 1.165) is 12.8 Å². The smallest absolute Gasteiger partial charge is 0.251 e. The second kappa shape index (κ2) is 6.60. The Hall–Kier alpha value is -1.36. The van der Waals surface area contributed by atoms with Crippen molar-refractivity contribution in [1.82, 2.24) is 5.32 Å². The Kier molecular flexibility index (Phi) is 5.04. The van der Waals surface area contributed by atoms with Crippen LogP contribution in [0.25, 0.3) is 0 Å². The van der Waals surface area contributed by atoms with Crippen LogP contribution in [-0.4, -0.2) is 32.4 Å². The van der Waals surface area contributed by atoms with Crippen LogP contribution >= 0.6 is 0 Å². The van der Waals surface area contributed by atoms with Crippen molar-refractivity contribution in [3.63, 3.8) is 0 Å². The van der Waals surface area contributed by atoms with E-state index in [1.54, 1.807) is 0 Å². The minimum atomic E-state index is -2.82. The zero-order valence-corrected chi connectivity index (χ0v) is 13.4. The number of carbonyl (C=O) groups excluding carboxylic acids is 1. The number of hydrogen-bond donors (Lipinski definition) is 1. The number of hydrogen-bond acceptors (Lipinski definition) is 3. The quantitative estimate of drug-likeness (QED) is 0.908. The van der Waals surface area contributed by atoms with Crippen molar-refractivity contribution >= 4 is 15.7 Å². The highest BCUT2D eigenvalue weighted by atomic mass is 32.2. The van der Waals surface area contributed by atoms with Gasteiger partial charge in [0.25, 0.3) is 5.91 Å². The average Bonchev–Trinajstić information content (AvgIpc) is 2.78. The highest BCUT2D eigenvalue weighted by Crippen LogP contribution is 2.21. The molecule has 21 heavy (non-hydrogen) atoms. The van der Waals surface area contributed by atoms with E-state index >= 15 is 0 Å². The summed E-state index contributed by atoms with van der Waals surface area (Å²) >= 11 is 0. The fourth-order valence-electron chi connectivity index (χ4n) is 2.61. The molecule has 1 fully saturated rings. The molecule has 4 nitrogen and oxygen atoms in total. The van der Waals surface area contributed by atoms with Crippen LogP contribution in [-0.2, 0) is 9.84 Å². The third kappa shape index (κ3) is 4.56. The minimum absolute atomic E-state index is 0.0915. The largest absolute Gasteiger partial charge is 0.352 e. The number of benzene rings is 1. The second-order valence-electron chi connectivity index (χ2n) is 6.09. The van der Waals surface area contributed by atoms with E-state index in [1.807, 2.05) is 24.3 Å². The zero-order valence-electron chi connectivity index (χ0n) is 12.6. The van der Waals surface area contributed by atoms with Gasteiger partial charge >= 0.3 is 0 Å². The molecule has 0 saturated carbocycles. The van der Waals surface area contributed by atoms with Gasteiger partial charge in [-0.25, -0.2) is 8.42 Å². The van der Waals surface area contributed by atoms with Crippen LogP contribution in [0.1, 0.15) is 48.5 Å². The highest BCUT2D eigenvalue weighted by Gasteiger charge is 2.27. The molecular weight excluding hydrogens is 286 g/mol. The highest BCUT2D eigenvalue weighted by molar-refractivity contribution is 7.91. The summed E-state index contributed by atoms with van der Waals surface area (Å²) in [6.45, 7) is 4.76. The van der Waals surface area contributed by atoms with Crippen molar-refractivity contribution in [2.45, 2.75) is 32.6 Å². The molecule has 5 heteroatoms. The van der Waals surface area contributed by atoms with Crippen molar-refractivity contribution in [2.75, 3.05) is 18.1 Å². The lowest BCUT2D eigenvalue weighted by atomic mass is 10.0. The van der Waals surface area contributed by atoms with Crippen LogP contribution in [0, 0.1) is 5.92 Å². The molecule has 1 aliphatic rings. The minimum Gasteiger partial charge on any atom is -0.352 e. The lowest BCUT2D eigenvalue weighted by Crippen LogP contribution is -2.26. The summed E-state index contributed by atoms with van der Waals surface area (Å²) in [5, 5.41) is 2.87. The van der Waals surface area contributed by atoms with Gasteiger partial charge in [0.15, 0.2) is 9.84 Å². The maximum absolute atomic E-state index is 12.0. The van der Waals surface area contributed by atoms with Crippen molar-refractivity contribution in [3.8, 4) is 0 Å². The molecule has 1 atom stereocenters. The molecule has 1 N–H and O–H groups in total. The van der Waals surface area contributed by atoms with Crippen LogP contribution in [0.2, 0.25) is 0 Å². The number of amides is 1. The summed E-state index contributed by atoms with van der Waals surface area (Å²) in [6.07, 6.45) is 1.45.